The Bertz CT molecular complexity index is 883. The zero-order chi connectivity index (χ0) is 31.6. The lowest BCUT2D eigenvalue weighted by Gasteiger charge is -2.22. The number of aliphatic hydroxyl groups is 1. The third-order valence-corrected chi connectivity index (χ3v) is 9.70. The highest BCUT2D eigenvalue weighted by Gasteiger charge is 2.40. The Labute approximate surface area is 267 Å². The molecule has 0 unspecified atom stereocenters. The smallest absolute Gasteiger partial charge is 0.334 e. The molecule has 7 nitrogen and oxygen atoms in total. The van der Waals surface area contributed by atoms with Gasteiger partial charge in [-0.05, 0) is 57.9 Å². The van der Waals surface area contributed by atoms with Gasteiger partial charge in [-0.25, -0.2) is 4.79 Å². The molecule has 3 aliphatic rings. The Hall–Kier alpha value is -1.57. The second-order valence-corrected chi connectivity index (χ2v) is 13.7. The monoisotopic (exact) mass is 618 g/mol. The third-order valence-electron chi connectivity index (χ3n) is 9.70. The Morgan fingerprint density at radius 2 is 1.34 bits per heavy atom. The Kier molecular flexibility index (Phi) is 17.8. The van der Waals surface area contributed by atoms with Crippen molar-refractivity contribution in [1.82, 2.24) is 0 Å². The molecule has 0 aromatic heterocycles. The summed E-state index contributed by atoms with van der Waals surface area (Å²) in [5.41, 5.74) is 0.514. The number of carbonyl (C=O) groups is 3. The molecule has 7 heteroatoms. The topological polar surface area (TPSA) is 99.1 Å². The summed E-state index contributed by atoms with van der Waals surface area (Å²) in [6.07, 6.45) is 24.9. The summed E-state index contributed by atoms with van der Waals surface area (Å²) in [7, 11) is 0. The summed E-state index contributed by atoms with van der Waals surface area (Å²) in [6.45, 7) is 4.05. The first-order valence-corrected chi connectivity index (χ1v) is 18.3. The molecule has 0 amide bonds. The lowest BCUT2D eigenvalue weighted by molar-refractivity contribution is -0.139. The number of hydrogen-bond donors (Lipinski definition) is 1. The van der Waals surface area contributed by atoms with E-state index in [4.69, 9.17) is 14.2 Å². The Morgan fingerprint density at radius 3 is 1.98 bits per heavy atom. The normalized spacial score (nSPS) is 25.8. The van der Waals surface area contributed by atoms with Crippen LogP contribution >= 0.6 is 0 Å². The highest BCUT2D eigenvalue weighted by molar-refractivity contribution is 5.97. The molecule has 2 fully saturated rings. The fourth-order valence-electron chi connectivity index (χ4n) is 7.00. The lowest BCUT2D eigenvalue weighted by Crippen LogP contribution is -2.32. The first-order chi connectivity index (χ1) is 21.4. The summed E-state index contributed by atoms with van der Waals surface area (Å²) in [4.78, 5) is 36.4. The van der Waals surface area contributed by atoms with Crippen LogP contribution in [-0.2, 0) is 28.6 Å². The second-order valence-electron chi connectivity index (χ2n) is 13.7. The highest BCUT2D eigenvalue weighted by atomic mass is 16.6. The van der Waals surface area contributed by atoms with Crippen LogP contribution in [0.3, 0.4) is 0 Å². The number of ether oxygens (including phenoxy) is 3. The van der Waals surface area contributed by atoms with E-state index in [0.717, 1.165) is 77.0 Å². The van der Waals surface area contributed by atoms with E-state index in [1.165, 1.54) is 57.8 Å². The number of hydrogen-bond acceptors (Lipinski definition) is 7. The van der Waals surface area contributed by atoms with Crippen molar-refractivity contribution in [2.75, 3.05) is 0 Å². The average molecular weight is 619 g/mol. The van der Waals surface area contributed by atoms with Crippen LogP contribution in [-0.4, -0.2) is 59.3 Å². The SMILES string of the molecule is CCCCCCCCCCC(=O)[C@@H]1CC[C@H]([C@@H]2CC[C@H]([C@@H](O)CCCCCCCCCCC(=O)CC3=C[C@@H](C)OC3=O)O2)O1. The molecule has 2 saturated heterocycles. The average Bonchev–Trinajstić information content (AvgIpc) is 3.75. The molecule has 252 valence electrons. The summed E-state index contributed by atoms with van der Waals surface area (Å²) in [5, 5.41) is 10.7. The molecule has 3 aliphatic heterocycles. The van der Waals surface area contributed by atoms with E-state index in [1.807, 2.05) is 6.92 Å². The predicted molar refractivity (Wildman–Crippen MR) is 173 cm³/mol. The van der Waals surface area contributed by atoms with Gasteiger partial charge in [0.15, 0.2) is 5.78 Å². The van der Waals surface area contributed by atoms with Gasteiger partial charge in [0.25, 0.3) is 0 Å². The van der Waals surface area contributed by atoms with E-state index in [0.29, 0.717) is 18.4 Å². The second kappa shape index (κ2) is 21.3. The Morgan fingerprint density at radius 1 is 0.773 bits per heavy atom. The largest absolute Gasteiger partial charge is 0.455 e. The molecule has 0 aromatic rings. The van der Waals surface area contributed by atoms with Crippen LogP contribution < -0.4 is 0 Å². The first kappa shape index (κ1) is 36.9. The number of aliphatic hydroxyl groups excluding tert-OH is 1. The van der Waals surface area contributed by atoms with E-state index in [-0.39, 0.29) is 54.5 Å². The fourth-order valence-corrected chi connectivity index (χ4v) is 7.00. The zero-order valence-electron chi connectivity index (χ0n) is 27.9. The van der Waals surface area contributed by atoms with E-state index in [2.05, 4.69) is 6.92 Å². The van der Waals surface area contributed by atoms with Crippen molar-refractivity contribution in [3.63, 3.8) is 0 Å². The molecule has 0 aliphatic carbocycles. The molecule has 0 spiro atoms. The summed E-state index contributed by atoms with van der Waals surface area (Å²) >= 11 is 0. The van der Waals surface area contributed by atoms with E-state index < -0.39 is 6.10 Å². The van der Waals surface area contributed by atoms with Gasteiger partial charge in [0.05, 0.1) is 24.4 Å². The van der Waals surface area contributed by atoms with Gasteiger partial charge >= 0.3 is 5.97 Å². The Balaban J connectivity index is 1.13. The zero-order valence-corrected chi connectivity index (χ0v) is 27.9. The molecule has 0 aromatic carbocycles. The van der Waals surface area contributed by atoms with E-state index in [1.54, 1.807) is 6.08 Å². The quantitative estimate of drug-likeness (QED) is 0.0812. The fraction of sp³-hybridized carbons (Fsp3) is 0.865. The van der Waals surface area contributed by atoms with Crippen molar-refractivity contribution < 1.29 is 33.7 Å². The van der Waals surface area contributed by atoms with Crippen molar-refractivity contribution in [2.45, 2.75) is 205 Å². The number of Topliss-reactive ketones (excluding diaryl/α,β-unsaturated/α-hetero) is 2. The molecular weight excluding hydrogens is 556 g/mol. The molecular formula is C37H62O7. The van der Waals surface area contributed by atoms with Crippen molar-refractivity contribution in [2.24, 2.45) is 0 Å². The maximum atomic E-state index is 12.7. The maximum Gasteiger partial charge on any atom is 0.334 e. The minimum atomic E-state index is -0.427. The van der Waals surface area contributed by atoms with Gasteiger partial charge in [-0.2, -0.15) is 0 Å². The van der Waals surface area contributed by atoms with Gasteiger partial charge in [0.1, 0.15) is 18.0 Å². The van der Waals surface area contributed by atoms with Crippen LogP contribution in [0.25, 0.3) is 0 Å². The maximum absolute atomic E-state index is 12.7. The number of unbranched alkanes of at least 4 members (excludes halogenated alkanes) is 14. The van der Waals surface area contributed by atoms with Gasteiger partial charge in [-0.1, -0.05) is 96.8 Å². The molecule has 3 heterocycles. The van der Waals surface area contributed by atoms with Crippen LogP contribution in [0.2, 0.25) is 0 Å². The number of ketones is 2. The van der Waals surface area contributed by atoms with Gasteiger partial charge in [-0.15, -0.1) is 0 Å². The van der Waals surface area contributed by atoms with Crippen molar-refractivity contribution in [3.05, 3.63) is 11.6 Å². The first-order valence-electron chi connectivity index (χ1n) is 18.3. The van der Waals surface area contributed by atoms with Gasteiger partial charge in [-0.3, -0.25) is 9.59 Å². The highest BCUT2D eigenvalue weighted by Crippen LogP contribution is 2.34. The van der Waals surface area contributed by atoms with Crippen LogP contribution in [0.15, 0.2) is 11.6 Å². The number of carbonyl (C=O) groups excluding carboxylic acids is 3. The van der Waals surface area contributed by atoms with Crippen LogP contribution in [0.5, 0.6) is 0 Å². The number of cyclic esters (lactones) is 1. The van der Waals surface area contributed by atoms with Gasteiger partial charge < -0.3 is 19.3 Å². The third kappa shape index (κ3) is 13.8. The van der Waals surface area contributed by atoms with E-state index in [9.17, 15) is 19.5 Å². The van der Waals surface area contributed by atoms with Crippen LogP contribution in [0, 0.1) is 0 Å². The van der Waals surface area contributed by atoms with Gasteiger partial charge in [0.2, 0.25) is 0 Å². The lowest BCUT2D eigenvalue weighted by atomic mass is 10.0. The predicted octanol–water partition coefficient (Wildman–Crippen LogP) is 8.27. The molecule has 0 saturated carbocycles. The number of esters is 1. The minimum absolute atomic E-state index is 0.00543. The molecule has 3 rings (SSSR count). The summed E-state index contributed by atoms with van der Waals surface area (Å²) in [5.74, 6) is 0.0430. The molecule has 1 N–H and O–H groups in total. The molecule has 0 bridgehead atoms. The molecule has 6 atom stereocenters. The van der Waals surface area contributed by atoms with Crippen LogP contribution in [0.1, 0.15) is 168 Å². The minimum Gasteiger partial charge on any atom is -0.455 e. The standard InChI is InChI=1S/C37H62O7/c1-3-4-5-6-7-11-14-17-20-31(39)33-22-24-35(43-33)36-25-23-34(44-36)32(40)21-18-15-12-9-8-10-13-16-19-30(38)27-29-26-28(2)42-37(29)41/h26,28,32-36,40H,3-25,27H2,1-2H3/t28-,32+,33+,34-,35-,36+/m1/s1. The summed E-state index contributed by atoms with van der Waals surface area (Å²) < 4.78 is 17.5. The van der Waals surface area contributed by atoms with Crippen molar-refractivity contribution in [1.29, 1.82) is 0 Å². The summed E-state index contributed by atoms with van der Waals surface area (Å²) in [6, 6.07) is 0. The molecule has 0 radical (unpaired) electrons. The van der Waals surface area contributed by atoms with Crippen LogP contribution in [0.4, 0.5) is 0 Å². The van der Waals surface area contributed by atoms with Gasteiger partial charge in [0, 0.05) is 24.8 Å². The molecule has 44 heavy (non-hydrogen) atoms. The van der Waals surface area contributed by atoms with Crippen molar-refractivity contribution >= 4 is 17.5 Å². The van der Waals surface area contributed by atoms with Crippen molar-refractivity contribution in [3.8, 4) is 0 Å². The van der Waals surface area contributed by atoms with E-state index >= 15 is 0 Å². The number of rotatable bonds is 25.